The van der Waals surface area contributed by atoms with E-state index in [-0.39, 0.29) is 5.75 Å². The quantitative estimate of drug-likeness (QED) is 0.156. The van der Waals surface area contributed by atoms with E-state index in [4.69, 9.17) is 8.83 Å². The first-order chi connectivity index (χ1) is 35.0. The van der Waals surface area contributed by atoms with Crippen molar-refractivity contribution >= 4 is 88.8 Å². The van der Waals surface area contributed by atoms with E-state index in [1.54, 1.807) is 0 Å². The van der Waals surface area contributed by atoms with Gasteiger partial charge < -0.3 is 23.7 Å². The Morgan fingerprint density at radius 1 is 0.324 bits per heavy atom. The number of para-hydroxylation sites is 5. The Hall–Kier alpha value is -9.32. The molecule has 0 amide bonds. The summed E-state index contributed by atoms with van der Waals surface area (Å²) >= 11 is 0. The molecular weight excluding hydrogens is 869 g/mol. The van der Waals surface area contributed by atoms with Gasteiger partial charge in [0.2, 0.25) is 0 Å². The number of nitrogens with zero attached hydrogens (tertiary/aromatic N) is 2. The highest BCUT2D eigenvalue weighted by Crippen LogP contribution is 2.49. The fourth-order valence-electron chi connectivity index (χ4n) is 10.6. The first-order valence-electron chi connectivity index (χ1n) is 24.1. The van der Waals surface area contributed by atoms with Gasteiger partial charge in [0.25, 0.3) is 0 Å². The molecule has 11 aromatic carbocycles. The van der Waals surface area contributed by atoms with E-state index in [0.29, 0.717) is 0 Å². The molecule has 0 unspecified atom stereocenters. The molecule has 0 aliphatic rings. The second-order valence-electron chi connectivity index (χ2n) is 18.3. The third kappa shape index (κ3) is 7.01. The van der Waals surface area contributed by atoms with Crippen molar-refractivity contribution < 1.29 is 13.9 Å². The number of anilines is 6. The van der Waals surface area contributed by atoms with Crippen LogP contribution in [0.4, 0.5) is 34.1 Å². The monoisotopic (exact) mass is 914 g/mol. The molecule has 338 valence electrons. The van der Waals surface area contributed by atoms with Crippen LogP contribution >= 0.6 is 0 Å². The van der Waals surface area contributed by atoms with Crippen molar-refractivity contribution in [1.82, 2.24) is 0 Å². The SMILES string of the molecule is Cc1ccccc1N(c1cccc(-c2cccc(-c3ccccc3)c2O)c1)c1cc2oc3cc(N(c4ccccc4C)c4cccc5c4oc4c(-c6ccccc6)cccc45)ccc3c2c2ccccc12. The van der Waals surface area contributed by atoms with Crippen LogP contribution in [0.25, 0.3) is 88.0 Å². The molecule has 0 fully saturated rings. The number of furan rings is 2. The van der Waals surface area contributed by atoms with Gasteiger partial charge in [-0.3, -0.25) is 0 Å². The van der Waals surface area contributed by atoms with Gasteiger partial charge in [0.05, 0.1) is 17.1 Å². The summed E-state index contributed by atoms with van der Waals surface area (Å²) in [6.45, 7) is 4.31. The highest BCUT2D eigenvalue weighted by molar-refractivity contribution is 6.23. The Labute approximate surface area is 411 Å². The van der Waals surface area contributed by atoms with E-state index in [9.17, 15) is 5.11 Å². The molecule has 2 aromatic heterocycles. The molecule has 0 aliphatic heterocycles. The topological polar surface area (TPSA) is 53.0 Å². The van der Waals surface area contributed by atoms with Crippen molar-refractivity contribution in [3.8, 4) is 39.1 Å². The van der Waals surface area contributed by atoms with Gasteiger partial charge in [0, 0.05) is 72.8 Å². The van der Waals surface area contributed by atoms with Gasteiger partial charge in [-0.1, -0.05) is 182 Å². The third-order valence-corrected chi connectivity index (χ3v) is 14.0. The third-order valence-electron chi connectivity index (χ3n) is 14.0. The molecule has 5 heteroatoms. The zero-order valence-corrected chi connectivity index (χ0v) is 39.2. The number of aryl methyl sites for hydroxylation is 2. The fourth-order valence-corrected chi connectivity index (χ4v) is 10.6. The van der Waals surface area contributed by atoms with Gasteiger partial charge >= 0.3 is 0 Å². The molecule has 5 nitrogen and oxygen atoms in total. The minimum Gasteiger partial charge on any atom is -0.507 e. The van der Waals surface area contributed by atoms with E-state index < -0.39 is 0 Å². The molecule has 0 atom stereocenters. The molecule has 1 N–H and O–H groups in total. The fraction of sp³-hybridized carbons (Fsp3) is 0.0303. The van der Waals surface area contributed by atoms with Crippen molar-refractivity contribution in [2.24, 2.45) is 0 Å². The second kappa shape index (κ2) is 17.0. The van der Waals surface area contributed by atoms with Crippen LogP contribution in [0.15, 0.2) is 245 Å². The van der Waals surface area contributed by atoms with E-state index in [0.717, 1.165) is 133 Å². The van der Waals surface area contributed by atoms with E-state index in [1.807, 2.05) is 54.6 Å². The van der Waals surface area contributed by atoms with Crippen LogP contribution in [0, 0.1) is 13.8 Å². The van der Waals surface area contributed by atoms with Crippen molar-refractivity contribution in [1.29, 1.82) is 0 Å². The van der Waals surface area contributed by atoms with Crippen LogP contribution < -0.4 is 9.80 Å². The van der Waals surface area contributed by atoms with E-state index in [1.165, 1.54) is 0 Å². The summed E-state index contributed by atoms with van der Waals surface area (Å²) in [6, 6.07) is 82.2. The Balaban J connectivity index is 0.991. The highest BCUT2D eigenvalue weighted by atomic mass is 16.3. The van der Waals surface area contributed by atoms with Gasteiger partial charge in [0.1, 0.15) is 22.5 Å². The normalized spacial score (nSPS) is 11.6. The Bertz CT molecular complexity index is 4170. The molecule has 2 heterocycles. The number of rotatable bonds is 9. The average Bonchev–Trinajstić information content (AvgIpc) is 3.99. The minimum atomic E-state index is 0.249. The number of phenolic OH excluding ortho intramolecular Hbond substituents is 1. The van der Waals surface area contributed by atoms with Gasteiger partial charge in [-0.2, -0.15) is 0 Å². The molecule has 0 aliphatic carbocycles. The molecule has 0 saturated heterocycles. The zero-order valence-electron chi connectivity index (χ0n) is 39.2. The van der Waals surface area contributed by atoms with Gasteiger partial charge in [-0.25, -0.2) is 0 Å². The smallest absolute Gasteiger partial charge is 0.159 e. The largest absolute Gasteiger partial charge is 0.507 e. The molecule has 0 radical (unpaired) electrons. The number of hydrogen-bond donors (Lipinski definition) is 1. The van der Waals surface area contributed by atoms with Gasteiger partial charge in [-0.05, 0) is 89.5 Å². The summed E-state index contributed by atoms with van der Waals surface area (Å²) in [5.74, 6) is 0.249. The lowest BCUT2D eigenvalue weighted by atomic mass is 9.96. The number of phenols is 1. The molecular formula is C66H46N2O3. The lowest BCUT2D eigenvalue weighted by Crippen LogP contribution is -2.12. The maximum Gasteiger partial charge on any atom is 0.159 e. The molecule has 0 bridgehead atoms. The van der Waals surface area contributed by atoms with Crippen molar-refractivity contribution in [2.75, 3.05) is 9.80 Å². The van der Waals surface area contributed by atoms with Crippen LogP contribution in [-0.2, 0) is 0 Å². The maximum absolute atomic E-state index is 11.8. The van der Waals surface area contributed by atoms with Crippen LogP contribution in [-0.4, -0.2) is 5.11 Å². The Morgan fingerprint density at radius 3 is 1.55 bits per heavy atom. The van der Waals surface area contributed by atoms with E-state index in [2.05, 4.69) is 206 Å². The van der Waals surface area contributed by atoms with Gasteiger partial charge in [-0.15, -0.1) is 0 Å². The number of aromatic hydroxyl groups is 1. The van der Waals surface area contributed by atoms with Crippen molar-refractivity contribution in [2.45, 2.75) is 13.8 Å². The lowest BCUT2D eigenvalue weighted by molar-refractivity contribution is 0.479. The van der Waals surface area contributed by atoms with Crippen LogP contribution in [0.3, 0.4) is 0 Å². The summed E-state index contributed by atoms with van der Waals surface area (Å²) in [4.78, 5) is 4.63. The summed E-state index contributed by atoms with van der Waals surface area (Å²) in [5, 5.41) is 18.2. The van der Waals surface area contributed by atoms with Crippen LogP contribution in [0.1, 0.15) is 11.1 Å². The molecule has 13 rings (SSSR count). The first-order valence-corrected chi connectivity index (χ1v) is 24.1. The molecule has 13 aromatic rings. The first kappa shape index (κ1) is 41.8. The summed E-state index contributed by atoms with van der Waals surface area (Å²) in [7, 11) is 0. The number of hydrogen-bond acceptors (Lipinski definition) is 5. The Kier molecular flexibility index (Phi) is 10.0. The number of fused-ring (bicyclic) bond motifs is 8. The van der Waals surface area contributed by atoms with Crippen LogP contribution in [0.2, 0.25) is 0 Å². The lowest BCUT2D eigenvalue weighted by Gasteiger charge is -2.29. The summed E-state index contributed by atoms with van der Waals surface area (Å²) in [6.07, 6.45) is 0. The minimum absolute atomic E-state index is 0.249. The number of benzene rings is 11. The standard InChI is InChI=1S/C66H46N2O3/c1-42-19-9-13-34-57(42)67(59-36-18-33-55-54-32-17-31-51(65(54)71-66(55)59)45-23-7-4-8-24-45)48-37-38-56-61(40-48)70-62-41-60(52-27-11-12-28-53(52)63(56)62)68(58-35-14-10-20-43(58)2)47-26-15-25-46(39-47)50-30-16-29-49(64(50)69)44-21-5-3-6-22-44/h3-41,69H,1-2H3. The molecule has 71 heavy (non-hydrogen) atoms. The second-order valence-corrected chi connectivity index (χ2v) is 18.3. The maximum atomic E-state index is 11.8. The summed E-state index contributed by atoms with van der Waals surface area (Å²) in [5.41, 5.74) is 17.0. The van der Waals surface area contributed by atoms with Crippen molar-refractivity contribution in [3.63, 3.8) is 0 Å². The predicted molar refractivity (Wildman–Crippen MR) is 295 cm³/mol. The van der Waals surface area contributed by atoms with E-state index >= 15 is 0 Å². The van der Waals surface area contributed by atoms with Crippen LogP contribution in [0.5, 0.6) is 5.75 Å². The average molecular weight is 915 g/mol. The predicted octanol–water partition coefficient (Wildman–Crippen LogP) is 18.9. The molecule has 0 spiro atoms. The highest BCUT2D eigenvalue weighted by Gasteiger charge is 2.25. The molecule has 0 saturated carbocycles. The van der Waals surface area contributed by atoms with Crippen molar-refractivity contribution in [3.05, 3.63) is 248 Å². The zero-order chi connectivity index (χ0) is 47.6. The summed E-state index contributed by atoms with van der Waals surface area (Å²) < 4.78 is 14.1. The Morgan fingerprint density at radius 2 is 0.831 bits per heavy atom. The van der Waals surface area contributed by atoms with Gasteiger partial charge in [0.15, 0.2) is 5.58 Å².